The fourth-order valence-corrected chi connectivity index (χ4v) is 3.75. The lowest BCUT2D eigenvalue weighted by atomic mass is 10.1. The largest absolute Gasteiger partial charge is 0.490 e. The fraction of sp³-hybridized carbons (Fsp3) is 0.500. The van der Waals surface area contributed by atoms with Crippen LogP contribution in [0.3, 0.4) is 0 Å². The molecule has 1 aromatic carbocycles. The number of esters is 1. The number of β-amino-alcohol motifs (C(OH)–C–C–N with tert-alkyl or cyclic N) is 1. The van der Waals surface area contributed by atoms with Crippen LogP contribution < -0.4 is 9.64 Å². The minimum Gasteiger partial charge on any atom is -0.490 e. The van der Waals surface area contributed by atoms with E-state index in [1.165, 1.54) is 5.56 Å². The van der Waals surface area contributed by atoms with Crippen LogP contribution in [-0.2, 0) is 4.74 Å². The second-order valence-corrected chi connectivity index (χ2v) is 8.03. The molecule has 0 aliphatic carbocycles. The Bertz CT molecular complexity index is 877. The average Bonchev–Trinajstić information content (AvgIpc) is 2.77. The van der Waals surface area contributed by atoms with Crippen LogP contribution in [0.2, 0.25) is 0 Å². The summed E-state index contributed by atoms with van der Waals surface area (Å²) < 4.78 is 11.0. The van der Waals surface area contributed by atoms with E-state index in [1.807, 2.05) is 13.0 Å². The number of hydrogen-bond acceptors (Lipinski definition) is 7. The summed E-state index contributed by atoms with van der Waals surface area (Å²) in [5, 5.41) is 10.5. The van der Waals surface area contributed by atoms with Crippen LogP contribution in [0.1, 0.15) is 34.0 Å². The fourth-order valence-electron chi connectivity index (χ4n) is 3.75. The summed E-state index contributed by atoms with van der Waals surface area (Å²) in [5.41, 5.74) is 3.87. The maximum atomic E-state index is 11.8. The number of carbonyl (C=O) groups excluding carboxylic acids is 1. The summed E-state index contributed by atoms with van der Waals surface area (Å²) in [6, 6.07) is 7.75. The number of aryl methyl sites for hydroxylation is 2. The normalized spacial score (nSPS) is 15.6. The van der Waals surface area contributed by atoms with E-state index >= 15 is 0 Å². The van der Waals surface area contributed by atoms with Crippen molar-refractivity contribution in [3.05, 3.63) is 52.7 Å². The third-order valence-electron chi connectivity index (χ3n) is 5.72. The van der Waals surface area contributed by atoms with E-state index in [9.17, 15) is 9.90 Å². The monoisotopic (exact) mass is 427 g/mol. The van der Waals surface area contributed by atoms with E-state index in [1.54, 1.807) is 19.2 Å². The first-order valence-electron chi connectivity index (χ1n) is 10.9. The molecule has 0 spiro atoms. The van der Waals surface area contributed by atoms with Crippen molar-refractivity contribution < 1.29 is 19.4 Å². The van der Waals surface area contributed by atoms with Gasteiger partial charge in [0.2, 0.25) is 0 Å². The number of pyridine rings is 1. The Labute approximate surface area is 184 Å². The van der Waals surface area contributed by atoms with Gasteiger partial charge in [-0.1, -0.05) is 12.1 Å². The number of anilines is 1. The lowest BCUT2D eigenvalue weighted by Crippen LogP contribution is -2.49. The minimum atomic E-state index is -0.548. The van der Waals surface area contributed by atoms with E-state index in [0.29, 0.717) is 18.7 Å². The van der Waals surface area contributed by atoms with E-state index in [2.05, 4.69) is 40.8 Å². The average molecular weight is 428 g/mol. The molecule has 1 aromatic heterocycles. The number of aliphatic hydroxyl groups is 1. The Hall–Kier alpha value is -2.64. The number of rotatable bonds is 8. The van der Waals surface area contributed by atoms with Gasteiger partial charge in [-0.2, -0.15) is 0 Å². The molecule has 2 aromatic rings. The number of carbonyl (C=O) groups is 1. The van der Waals surface area contributed by atoms with Gasteiger partial charge >= 0.3 is 5.97 Å². The van der Waals surface area contributed by atoms with Crippen LogP contribution in [0.4, 0.5) is 5.82 Å². The summed E-state index contributed by atoms with van der Waals surface area (Å²) in [4.78, 5) is 20.6. The van der Waals surface area contributed by atoms with Gasteiger partial charge in [0.25, 0.3) is 0 Å². The second-order valence-electron chi connectivity index (χ2n) is 8.03. The first-order chi connectivity index (χ1) is 14.9. The zero-order valence-electron chi connectivity index (χ0n) is 18.9. The van der Waals surface area contributed by atoms with E-state index in [0.717, 1.165) is 48.9 Å². The number of ether oxygens (including phenoxy) is 2. The molecule has 1 N–H and O–H groups in total. The van der Waals surface area contributed by atoms with Gasteiger partial charge in [0.05, 0.1) is 12.2 Å². The molecule has 168 valence electrons. The molecule has 1 fully saturated rings. The Balaban J connectivity index is 1.46. The first kappa shape index (κ1) is 23.0. The SMILES string of the molecule is CCOC(=O)c1ccc(N2CCN(CC(O)COc3c(C)ccc(C)c3C)CC2)nc1. The first-order valence-corrected chi connectivity index (χ1v) is 10.9. The molecule has 1 unspecified atom stereocenters. The highest BCUT2D eigenvalue weighted by Gasteiger charge is 2.21. The molecule has 2 heterocycles. The van der Waals surface area contributed by atoms with Gasteiger partial charge in [-0.15, -0.1) is 0 Å². The highest BCUT2D eigenvalue weighted by atomic mass is 16.5. The zero-order valence-corrected chi connectivity index (χ0v) is 18.9. The lowest BCUT2D eigenvalue weighted by Gasteiger charge is -2.36. The minimum absolute atomic E-state index is 0.280. The van der Waals surface area contributed by atoms with Crippen LogP contribution >= 0.6 is 0 Å². The predicted octanol–water partition coefficient (Wildman–Crippen LogP) is 2.75. The topological polar surface area (TPSA) is 75.1 Å². The van der Waals surface area contributed by atoms with Crippen LogP contribution in [-0.4, -0.2) is 73.0 Å². The van der Waals surface area contributed by atoms with Crippen molar-refractivity contribution in [2.45, 2.75) is 33.8 Å². The molecule has 31 heavy (non-hydrogen) atoms. The van der Waals surface area contributed by atoms with Gasteiger partial charge in [0, 0.05) is 38.9 Å². The quantitative estimate of drug-likeness (QED) is 0.649. The molecule has 0 bridgehead atoms. The van der Waals surface area contributed by atoms with E-state index in [4.69, 9.17) is 9.47 Å². The molecule has 1 aliphatic rings. The zero-order chi connectivity index (χ0) is 22.4. The van der Waals surface area contributed by atoms with E-state index in [-0.39, 0.29) is 12.6 Å². The van der Waals surface area contributed by atoms with Crippen LogP contribution in [0.5, 0.6) is 5.75 Å². The van der Waals surface area contributed by atoms with Crippen molar-refractivity contribution in [2.75, 3.05) is 50.8 Å². The number of aromatic nitrogens is 1. The Morgan fingerprint density at radius 2 is 1.81 bits per heavy atom. The second kappa shape index (κ2) is 10.6. The summed E-state index contributed by atoms with van der Waals surface area (Å²) in [7, 11) is 0. The maximum absolute atomic E-state index is 11.8. The van der Waals surface area contributed by atoms with Crippen molar-refractivity contribution >= 4 is 11.8 Å². The lowest BCUT2D eigenvalue weighted by molar-refractivity contribution is 0.0526. The number of benzene rings is 1. The highest BCUT2D eigenvalue weighted by molar-refractivity contribution is 5.89. The van der Waals surface area contributed by atoms with Crippen molar-refractivity contribution in [3.63, 3.8) is 0 Å². The number of aliphatic hydroxyl groups excluding tert-OH is 1. The maximum Gasteiger partial charge on any atom is 0.339 e. The third-order valence-corrected chi connectivity index (χ3v) is 5.72. The number of piperazine rings is 1. The van der Waals surface area contributed by atoms with Gasteiger partial charge in [0.15, 0.2) is 0 Å². The van der Waals surface area contributed by atoms with Gasteiger partial charge in [-0.3, -0.25) is 4.90 Å². The van der Waals surface area contributed by atoms with Crippen molar-refractivity contribution in [3.8, 4) is 5.75 Å². The molecule has 3 rings (SSSR count). The van der Waals surface area contributed by atoms with Crippen LogP contribution in [0.25, 0.3) is 0 Å². The van der Waals surface area contributed by atoms with Gasteiger partial charge in [-0.25, -0.2) is 9.78 Å². The molecule has 7 heteroatoms. The Kier molecular flexibility index (Phi) is 7.87. The van der Waals surface area contributed by atoms with Crippen LogP contribution in [0.15, 0.2) is 30.5 Å². The molecule has 1 atom stereocenters. The van der Waals surface area contributed by atoms with Gasteiger partial charge in [0.1, 0.15) is 24.3 Å². The van der Waals surface area contributed by atoms with Gasteiger partial charge < -0.3 is 19.5 Å². The number of hydrogen-bond donors (Lipinski definition) is 1. The number of nitrogens with zero attached hydrogens (tertiary/aromatic N) is 3. The van der Waals surface area contributed by atoms with Crippen molar-refractivity contribution in [2.24, 2.45) is 0 Å². The summed E-state index contributed by atoms with van der Waals surface area (Å²) in [6.45, 7) is 12.4. The Morgan fingerprint density at radius 3 is 2.45 bits per heavy atom. The van der Waals surface area contributed by atoms with E-state index < -0.39 is 6.10 Å². The molecule has 7 nitrogen and oxygen atoms in total. The molecule has 1 aliphatic heterocycles. The third kappa shape index (κ3) is 5.95. The molecular formula is C24H33N3O4. The highest BCUT2D eigenvalue weighted by Crippen LogP contribution is 2.26. The summed E-state index contributed by atoms with van der Waals surface area (Å²) in [5.74, 6) is 1.38. The molecule has 0 saturated carbocycles. The Morgan fingerprint density at radius 1 is 1.10 bits per heavy atom. The molecular weight excluding hydrogens is 394 g/mol. The van der Waals surface area contributed by atoms with Gasteiger partial charge in [-0.05, 0) is 56.5 Å². The molecule has 0 radical (unpaired) electrons. The molecule has 0 amide bonds. The summed E-state index contributed by atoms with van der Waals surface area (Å²) in [6.07, 6.45) is 1.02. The van der Waals surface area contributed by atoms with Crippen LogP contribution in [0, 0.1) is 20.8 Å². The predicted molar refractivity (Wildman–Crippen MR) is 121 cm³/mol. The smallest absolute Gasteiger partial charge is 0.339 e. The standard InChI is InChI=1S/C24H33N3O4/c1-5-30-24(29)20-8-9-22(25-14-20)27-12-10-26(11-13-27)15-21(28)16-31-23-18(3)7-6-17(2)19(23)4/h6-9,14,21,28H,5,10-13,15-16H2,1-4H3. The van der Waals surface area contributed by atoms with Crippen molar-refractivity contribution in [1.29, 1.82) is 0 Å². The van der Waals surface area contributed by atoms with Crippen molar-refractivity contribution in [1.82, 2.24) is 9.88 Å². The summed E-state index contributed by atoms with van der Waals surface area (Å²) >= 11 is 0. The molecule has 1 saturated heterocycles.